The lowest BCUT2D eigenvalue weighted by molar-refractivity contribution is -0.0800. The highest BCUT2D eigenvalue weighted by molar-refractivity contribution is 5.92. The fourth-order valence-corrected chi connectivity index (χ4v) is 3.70. The van der Waals surface area contributed by atoms with E-state index >= 15 is 0 Å². The number of morpholine rings is 1. The van der Waals surface area contributed by atoms with Crippen molar-refractivity contribution in [3.05, 3.63) is 53.7 Å². The molecule has 136 valence electrons. The first-order chi connectivity index (χ1) is 12.6. The number of halogens is 1. The van der Waals surface area contributed by atoms with Gasteiger partial charge < -0.3 is 14.4 Å². The largest absolute Gasteiger partial charge is 0.469 e. The van der Waals surface area contributed by atoms with E-state index in [1.807, 2.05) is 24.0 Å². The number of pyridine rings is 2. The van der Waals surface area contributed by atoms with Crippen molar-refractivity contribution in [2.75, 3.05) is 13.2 Å². The van der Waals surface area contributed by atoms with Crippen molar-refractivity contribution >= 4 is 5.91 Å². The summed E-state index contributed by atoms with van der Waals surface area (Å²) in [6.07, 6.45) is 2.29. The summed E-state index contributed by atoms with van der Waals surface area (Å²) >= 11 is 0. The first-order valence-electron chi connectivity index (χ1n) is 8.77. The molecule has 0 aromatic carbocycles. The van der Waals surface area contributed by atoms with Crippen LogP contribution in [0.5, 0.6) is 5.88 Å². The molecule has 2 aliphatic rings. The molecule has 26 heavy (non-hydrogen) atoms. The van der Waals surface area contributed by atoms with Gasteiger partial charge in [-0.2, -0.15) is 0 Å². The van der Waals surface area contributed by atoms with E-state index in [-0.39, 0.29) is 30.0 Å². The van der Waals surface area contributed by atoms with E-state index in [1.165, 1.54) is 18.3 Å². The summed E-state index contributed by atoms with van der Waals surface area (Å²) < 4.78 is 25.5. The number of amides is 1. The van der Waals surface area contributed by atoms with Crippen LogP contribution in [0, 0.1) is 12.7 Å². The molecule has 1 aliphatic carbocycles. The van der Waals surface area contributed by atoms with Gasteiger partial charge >= 0.3 is 0 Å². The van der Waals surface area contributed by atoms with Crippen LogP contribution >= 0.6 is 0 Å². The van der Waals surface area contributed by atoms with Crippen molar-refractivity contribution < 1.29 is 18.7 Å². The second-order valence-corrected chi connectivity index (χ2v) is 6.59. The molecule has 1 saturated heterocycles. The van der Waals surface area contributed by atoms with Gasteiger partial charge in [-0.05, 0) is 44.0 Å². The summed E-state index contributed by atoms with van der Waals surface area (Å²) in [6, 6.07) is 8.15. The number of hydrogen-bond donors (Lipinski definition) is 0. The molecule has 2 aromatic heterocycles. The molecule has 0 unspecified atom stereocenters. The smallest absolute Gasteiger partial charge is 0.272 e. The molecule has 3 heterocycles. The maximum atomic E-state index is 13.8. The third-order valence-electron chi connectivity index (χ3n) is 4.89. The van der Waals surface area contributed by atoms with Gasteiger partial charge in [-0.3, -0.25) is 4.79 Å². The molecule has 7 heteroatoms. The molecule has 1 saturated carbocycles. The van der Waals surface area contributed by atoms with Gasteiger partial charge in [0.2, 0.25) is 0 Å². The predicted molar refractivity (Wildman–Crippen MR) is 91.4 cm³/mol. The standard InChI is InChI=1S/C19H20FN3O3/c1-12-4-2-6-14(22-12)19(24)23-10-11-25-17-15(23)7-8-16(17)26-18-13(20)5-3-9-21-18/h2-6,9,15-17H,7-8,10-11H2,1H3/t15-,16+,17+/m0/s1. The average molecular weight is 357 g/mol. The third-order valence-corrected chi connectivity index (χ3v) is 4.89. The Balaban J connectivity index is 1.51. The molecular weight excluding hydrogens is 337 g/mol. The lowest BCUT2D eigenvalue weighted by Crippen LogP contribution is -2.54. The Labute approximate surface area is 151 Å². The summed E-state index contributed by atoms with van der Waals surface area (Å²) in [6.45, 7) is 2.79. The van der Waals surface area contributed by atoms with Crippen molar-refractivity contribution in [3.8, 4) is 5.88 Å². The van der Waals surface area contributed by atoms with Crippen molar-refractivity contribution in [3.63, 3.8) is 0 Å². The van der Waals surface area contributed by atoms with E-state index in [0.717, 1.165) is 12.1 Å². The van der Waals surface area contributed by atoms with Gasteiger partial charge in [-0.25, -0.2) is 14.4 Å². The molecule has 0 radical (unpaired) electrons. The number of rotatable bonds is 3. The number of carbonyl (C=O) groups excluding carboxylic acids is 1. The highest BCUT2D eigenvalue weighted by Gasteiger charge is 2.46. The normalized spacial score (nSPS) is 25.0. The Bertz CT molecular complexity index is 816. The van der Waals surface area contributed by atoms with Crippen LogP contribution in [0.1, 0.15) is 29.0 Å². The highest BCUT2D eigenvalue weighted by Crippen LogP contribution is 2.33. The molecule has 0 bridgehead atoms. The summed E-state index contributed by atoms with van der Waals surface area (Å²) in [5.74, 6) is -0.620. The Morgan fingerprint density at radius 2 is 2.19 bits per heavy atom. The summed E-state index contributed by atoms with van der Waals surface area (Å²) in [7, 11) is 0. The maximum absolute atomic E-state index is 13.8. The lowest BCUT2D eigenvalue weighted by Gasteiger charge is -2.38. The van der Waals surface area contributed by atoms with Crippen molar-refractivity contribution in [1.29, 1.82) is 0 Å². The van der Waals surface area contributed by atoms with E-state index < -0.39 is 5.82 Å². The monoisotopic (exact) mass is 357 g/mol. The Kier molecular flexibility index (Phi) is 4.55. The topological polar surface area (TPSA) is 64.6 Å². The predicted octanol–water partition coefficient (Wildman–Crippen LogP) is 2.38. The molecule has 6 nitrogen and oxygen atoms in total. The van der Waals surface area contributed by atoms with Gasteiger partial charge in [0, 0.05) is 18.4 Å². The Morgan fingerprint density at radius 1 is 1.31 bits per heavy atom. The zero-order valence-corrected chi connectivity index (χ0v) is 14.5. The molecular formula is C19H20FN3O3. The second kappa shape index (κ2) is 6.99. The molecule has 3 atom stereocenters. The van der Waals surface area contributed by atoms with Gasteiger partial charge in [0.25, 0.3) is 11.8 Å². The molecule has 2 aromatic rings. The summed E-state index contributed by atoms with van der Waals surface area (Å²) in [5.41, 5.74) is 1.24. The van der Waals surface area contributed by atoms with Crippen LogP contribution in [0.3, 0.4) is 0 Å². The van der Waals surface area contributed by atoms with Gasteiger partial charge in [0.1, 0.15) is 17.9 Å². The van der Waals surface area contributed by atoms with Gasteiger partial charge in [-0.1, -0.05) is 6.07 Å². The Morgan fingerprint density at radius 3 is 3.00 bits per heavy atom. The van der Waals surface area contributed by atoms with E-state index in [0.29, 0.717) is 25.3 Å². The molecule has 1 amide bonds. The van der Waals surface area contributed by atoms with Gasteiger partial charge in [0.05, 0.1) is 12.6 Å². The zero-order valence-electron chi connectivity index (χ0n) is 14.5. The SMILES string of the molecule is Cc1cccc(C(=O)N2CCO[C@H]3[C@H](Oc4ncccc4F)CC[C@@H]32)n1. The van der Waals surface area contributed by atoms with Crippen LogP contribution in [-0.2, 0) is 4.74 Å². The minimum Gasteiger partial charge on any atom is -0.469 e. The van der Waals surface area contributed by atoms with Crippen LogP contribution in [0.15, 0.2) is 36.5 Å². The average Bonchev–Trinajstić information content (AvgIpc) is 3.06. The highest BCUT2D eigenvalue weighted by atomic mass is 19.1. The molecule has 1 aliphatic heterocycles. The van der Waals surface area contributed by atoms with Crippen molar-refractivity contribution in [2.45, 2.75) is 38.0 Å². The number of ether oxygens (including phenoxy) is 2. The molecule has 0 N–H and O–H groups in total. The number of nitrogens with zero attached hydrogens (tertiary/aromatic N) is 3. The van der Waals surface area contributed by atoms with Crippen LogP contribution in [0.2, 0.25) is 0 Å². The summed E-state index contributed by atoms with van der Waals surface area (Å²) in [5, 5.41) is 0. The van der Waals surface area contributed by atoms with E-state index in [9.17, 15) is 9.18 Å². The van der Waals surface area contributed by atoms with Gasteiger partial charge in [-0.15, -0.1) is 0 Å². The van der Waals surface area contributed by atoms with E-state index in [4.69, 9.17) is 9.47 Å². The Hall–Kier alpha value is -2.54. The number of aromatic nitrogens is 2. The van der Waals surface area contributed by atoms with Crippen LogP contribution in [-0.4, -0.2) is 52.2 Å². The van der Waals surface area contributed by atoms with Gasteiger partial charge in [0.15, 0.2) is 5.82 Å². The van der Waals surface area contributed by atoms with Crippen LogP contribution in [0.4, 0.5) is 4.39 Å². The van der Waals surface area contributed by atoms with Crippen molar-refractivity contribution in [2.24, 2.45) is 0 Å². The van der Waals surface area contributed by atoms with Crippen LogP contribution in [0.25, 0.3) is 0 Å². The third kappa shape index (κ3) is 3.14. The summed E-state index contributed by atoms with van der Waals surface area (Å²) in [4.78, 5) is 23.0. The van der Waals surface area contributed by atoms with E-state index in [2.05, 4.69) is 9.97 Å². The first-order valence-corrected chi connectivity index (χ1v) is 8.77. The van der Waals surface area contributed by atoms with Crippen LogP contribution < -0.4 is 4.74 Å². The minimum absolute atomic E-state index is 0.0226. The molecule has 2 fully saturated rings. The quantitative estimate of drug-likeness (QED) is 0.844. The number of aryl methyl sites for hydroxylation is 1. The number of hydrogen-bond acceptors (Lipinski definition) is 5. The first kappa shape index (κ1) is 16.9. The molecule has 4 rings (SSSR count). The fourth-order valence-electron chi connectivity index (χ4n) is 3.70. The van der Waals surface area contributed by atoms with E-state index in [1.54, 1.807) is 6.07 Å². The van der Waals surface area contributed by atoms with Crippen molar-refractivity contribution in [1.82, 2.24) is 14.9 Å². The number of carbonyl (C=O) groups is 1. The maximum Gasteiger partial charge on any atom is 0.272 e. The second-order valence-electron chi connectivity index (χ2n) is 6.59. The molecule has 0 spiro atoms. The minimum atomic E-state index is -0.497. The fraction of sp³-hybridized carbons (Fsp3) is 0.421. The number of fused-ring (bicyclic) bond motifs is 1. The zero-order chi connectivity index (χ0) is 18.1. The lowest BCUT2D eigenvalue weighted by atomic mass is 10.1.